The summed E-state index contributed by atoms with van der Waals surface area (Å²) in [4.78, 5) is 16.8. The second-order valence-corrected chi connectivity index (χ2v) is 7.92. The molecule has 29 heavy (non-hydrogen) atoms. The molecule has 0 saturated heterocycles. The third kappa shape index (κ3) is 3.67. The number of nitrogens with zero attached hydrogens (tertiary/aromatic N) is 1. The number of hydrogen-bond acceptors (Lipinski definition) is 8. The van der Waals surface area contributed by atoms with Gasteiger partial charge in [0.1, 0.15) is 5.01 Å². The number of carbonyl (C=O) groups is 1. The third-order valence-electron chi connectivity index (χ3n) is 4.43. The minimum absolute atomic E-state index is 0.236. The van der Waals surface area contributed by atoms with Crippen LogP contribution < -0.4 is 18.9 Å². The second-order valence-electron chi connectivity index (χ2n) is 6.89. The van der Waals surface area contributed by atoms with Gasteiger partial charge in [0.25, 0.3) is 0 Å². The Hall–Kier alpha value is -3.00. The van der Waals surface area contributed by atoms with Crippen LogP contribution in [0.5, 0.6) is 23.0 Å². The van der Waals surface area contributed by atoms with Gasteiger partial charge in [-0.3, -0.25) is 0 Å². The fourth-order valence-corrected chi connectivity index (χ4v) is 3.92. The number of rotatable bonds is 6. The van der Waals surface area contributed by atoms with Crippen molar-refractivity contribution in [3.63, 3.8) is 0 Å². The molecule has 0 amide bonds. The Bertz CT molecular complexity index is 1030. The Morgan fingerprint density at radius 2 is 1.93 bits per heavy atom. The Morgan fingerprint density at radius 3 is 2.66 bits per heavy atom. The van der Waals surface area contributed by atoms with Crippen LogP contribution in [0.4, 0.5) is 0 Å². The number of esters is 1. The summed E-state index contributed by atoms with van der Waals surface area (Å²) in [6.45, 7) is 5.61. The first kappa shape index (κ1) is 19.3. The van der Waals surface area contributed by atoms with Crippen LogP contribution >= 0.6 is 11.3 Å². The maximum atomic E-state index is 12.1. The lowest BCUT2D eigenvalue weighted by Crippen LogP contribution is -2.39. The highest BCUT2D eigenvalue weighted by atomic mass is 32.1. The van der Waals surface area contributed by atoms with Crippen molar-refractivity contribution in [1.29, 1.82) is 0 Å². The van der Waals surface area contributed by atoms with Gasteiger partial charge in [-0.05, 0) is 39.0 Å². The van der Waals surface area contributed by atoms with Gasteiger partial charge in [-0.2, -0.15) is 0 Å². The monoisotopic (exact) mass is 415 g/mol. The summed E-state index contributed by atoms with van der Waals surface area (Å²) in [7, 11) is 1.56. The van der Waals surface area contributed by atoms with Crippen LogP contribution in [-0.4, -0.2) is 37.1 Å². The molecule has 0 bridgehead atoms. The molecule has 3 aromatic rings. The number of hydrogen-bond donors (Lipinski definition) is 0. The fourth-order valence-electron chi connectivity index (χ4n) is 2.95. The SMILES string of the molecule is CCOC(=O)C(C)(C)Oc1ccc(-c2nc3cc4c(cc3s2)OCO4)cc1OC. The van der Waals surface area contributed by atoms with E-state index >= 15 is 0 Å². The topological polar surface area (TPSA) is 76.1 Å². The van der Waals surface area contributed by atoms with Crippen molar-refractivity contribution in [3.8, 4) is 33.6 Å². The van der Waals surface area contributed by atoms with Gasteiger partial charge in [-0.25, -0.2) is 9.78 Å². The van der Waals surface area contributed by atoms with Gasteiger partial charge in [0, 0.05) is 17.7 Å². The number of carbonyl (C=O) groups excluding carboxylic acids is 1. The van der Waals surface area contributed by atoms with Crippen molar-refractivity contribution >= 4 is 27.5 Å². The van der Waals surface area contributed by atoms with Crippen molar-refractivity contribution < 1.29 is 28.5 Å². The lowest BCUT2D eigenvalue weighted by atomic mass is 10.1. The second kappa shape index (κ2) is 7.44. The smallest absolute Gasteiger partial charge is 0.349 e. The van der Waals surface area contributed by atoms with Crippen molar-refractivity contribution in [3.05, 3.63) is 30.3 Å². The summed E-state index contributed by atoms with van der Waals surface area (Å²) < 4.78 is 28.3. The molecule has 1 aliphatic rings. The van der Waals surface area contributed by atoms with Crippen LogP contribution in [0.1, 0.15) is 20.8 Å². The molecule has 2 aromatic carbocycles. The maximum Gasteiger partial charge on any atom is 0.349 e. The first-order valence-electron chi connectivity index (χ1n) is 9.16. The van der Waals surface area contributed by atoms with Gasteiger partial charge in [-0.15, -0.1) is 11.3 Å². The molecule has 0 saturated carbocycles. The van der Waals surface area contributed by atoms with Gasteiger partial charge < -0.3 is 23.7 Å². The third-order valence-corrected chi connectivity index (χ3v) is 5.49. The zero-order valence-electron chi connectivity index (χ0n) is 16.6. The van der Waals surface area contributed by atoms with Gasteiger partial charge in [0.15, 0.2) is 28.6 Å². The molecule has 2 heterocycles. The minimum atomic E-state index is -1.14. The Kier molecular flexibility index (Phi) is 4.96. The summed E-state index contributed by atoms with van der Waals surface area (Å²) in [6.07, 6.45) is 0. The van der Waals surface area contributed by atoms with Crippen LogP contribution in [-0.2, 0) is 9.53 Å². The molecule has 0 aliphatic carbocycles. The van der Waals surface area contributed by atoms with Crippen molar-refractivity contribution in [1.82, 2.24) is 4.98 Å². The molecule has 7 nitrogen and oxygen atoms in total. The molecular formula is C21H21NO6S. The zero-order valence-corrected chi connectivity index (χ0v) is 17.4. The first-order chi connectivity index (χ1) is 13.9. The number of ether oxygens (including phenoxy) is 5. The molecule has 0 atom stereocenters. The first-order valence-corrected chi connectivity index (χ1v) is 9.97. The van der Waals surface area contributed by atoms with E-state index in [0.29, 0.717) is 23.9 Å². The molecule has 0 unspecified atom stereocenters. The predicted molar refractivity (Wildman–Crippen MR) is 109 cm³/mol. The van der Waals surface area contributed by atoms with E-state index in [4.69, 9.17) is 28.7 Å². The number of fused-ring (bicyclic) bond motifs is 2. The average molecular weight is 415 g/mol. The summed E-state index contributed by atoms with van der Waals surface area (Å²) in [5.41, 5.74) is 0.588. The minimum Gasteiger partial charge on any atom is -0.493 e. The van der Waals surface area contributed by atoms with Crippen LogP contribution in [0.2, 0.25) is 0 Å². The maximum absolute atomic E-state index is 12.1. The molecule has 0 radical (unpaired) electrons. The highest BCUT2D eigenvalue weighted by Gasteiger charge is 2.32. The average Bonchev–Trinajstić information content (AvgIpc) is 3.32. The zero-order chi connectivity index (χ0) is 20.6. The summed E-state index contributed by atoms with van der Waals surface area (Å²) in [5, 5.41) is 0.832. The lowest BCUT2D eigenvalue weighted by molar-refractivity contribution is -0.158. The van der Waals surface area contributed by atoms with Crippen molar-refractivity contribution in [2.24, 2.45) is 0 Å². The normalized spacial score (nSPS) is 12.8. The molecule has 4 rings (SSSR count). The van der Waals surface area contributed by atoms with Crippen LogP contribution in [0.15, 0.2) is 30.3 Å². The van der Waals surface area contributed by atoms with E-state index in [1.807, 2.05) is 24.3 Å². The highest BCUT2D eigenvalue weighted by Crippen LogP contribution is 2.41. The Labute approximate surface area is 172 Å². The summed E-state index contributed by atoms with van der Waals surface area (Å²) >= 11 is 1.55. The van der Waals surface area contributed by atoms with Gasteiger partial charge in [-0.1, -0.05) is 0 Å². The molecule has 8 heteroatoms. The standard InChI is InChI=1S/C21H21NO6S/c1-5-25-20(23)21(2,3)28-14-7-6-12(8-15(14)24-4)19-22-13-9-16-17(27-11-26-16)10-18(13)29-19/h6-10H,5,11H2,1-4H3. The number of methoxy groups -OCH3 is 1. The van der Waals surface area contributed by atoms with E-state index in [1.54, 1.807) is 45.3 Å². The summed E-state index contributed by atoms with van der Waals surface area (Å²) in [6, 6.07) is 9.32. The van der Waals surface area contributed by atoms with Crippen molar-refractivity contribution in [2.45, 2.75) is 26.4 Å². The molecule has 152 valence electrons. The summed E-state index contributed by atoms with van der Waals surface area (Å²) in [5.74, 6) is 1.96. The van der Waals surface area contributed by atoms with E-state index in [9.17, 15) is 4.79 Å². The van der Waals surface area contributed by atoms with Crippen molar-refractivity contribution in [2.75, 3.05) is 20.5 Å². The van der Waals surface area contributed by atoms with Crippen LogP contribution in [0.25, 0.3) is 20.8 Å². The Balaban J connectivity index is 1.64. The predicted octanol–water partition coefficient (Wildman–Crippen LogP) is 4.42. The van der Waals surface area contributed by atoms with E-state index in [-0.39, 0.29) is 6.79 Å². The van der Waals surface area contributed by atoms with Gasteiger partial charge >= 0.3 is 5.97 Å². The highest BCUT2D eigenvalue weighted by molar-refractivity contribution is 7.21. The molecule has 1 aromatic heterocycles. The molecule has 0 fully saturated rings. The van der Waals surface area contributed by atoms with E-state index < -0.39 is 11.6 Å². The molecule has 1 aliphatic heterocycles. The fraction of sp³-hybridized carbons (Fsp3) is 0.333. The van der Waals surface area contributed by atoms with Gasteiger partial charge in [0.05, 0.1) is 23.9 Å². The van der Waals surface area contributed by atoms with Crippen LogP contribution in [0, 0.1) is 0 Å². The largest absolute Gasteiger partial charge is 0.493 e. The number of benzene rings is 2. The molecule has 0 N–H and O–H groups in total. The van der Waals surface area contributed by atoms with Crippen LogP contribution in [0.3, 0.4) is 0 Å². The molecule has 0 spiro atoms. The quantitative estimate of drug-likeness (QED) is 0.552. The van der Waals surface area contributed by atoms with E-state index in [2.05, 4.69) is 0 Å². The number of thiazole rings is 1. The lowest BCUT2D eigenvalue weighted by Gasteiger charge is -2.25. The van der Waals surface area contributed by atoms with E-state index in [1.165, 1.54) is 0 Å². The van der Waals surface area contributed by atoms with Gasteiger partial charge in [0.2, 0.25) is 6.79 Å². The number of aromatic nitrogens is 1. The Morgan fingerprint density at radius 1 is 1.17 bits per heavy atom. The molecular weight excluding hydrogens is 394 g/mol. The van der Waals surface area contributed by atoms with E-state index in [0.717, 1.165) is 26.5 Å².